The van der Waals surface area contributed by atoms with E-state index >= 15 is 0 Å². The van der Waals surface area contributed by atoms with E-state index in [0.717, 1.165) is 16.7 Å². The third kappa shape index (κ3) is 2.17. The van der Waals surface area contributed by atoms with Crippen molar-refractivity contribution >= 4 is 17.6 Å². The number of nitrogens with one attached hydrogen (secondary N) is 1. The van der Waals surface area contributed by atoms with Gasteiger partial charge >= 0.3 is 0 Å². The maximum Gasteiger partial charge on any atom is 0.217 e. The predicted molar refractivity (Wildman–Crippen MR) is 77.3 cm³/mol. The van der Waals surface area contributed by atoms with Gasteiger partial charge in [0.15, 0.2) is 0 Å². The zero-order valence-electron chi connectivity index (χ0n) is 10.8. The van der Waals surface area contributed by atoms with Crippen molar-refractivity contribution in [3.63, 3.8) is 0 Å². The molecule has 94 valence electrons. The van der Waals surface area contributed by atoms with Crippen LogP contribution in [-0.2, 0) is 4.79 Å². The molecule has 1 aliphatic carbocycles. The fourth-order valence-corrected chi connectivity index (χ4v) is 2.56. The van der Waals surface area contributed by atoms with Gasteiger partial charge in [-0.2, -0.15) is 0 Å². The maximum atomic E-state index is 11.4. The van der Waals surface area contributed by atoms with Crippen LogP contribution in [0.2, 0.25) is 0 Å². The van der Waals surface area contributed by atoms with Gasteiger partial charge in [0.05, 0.1) is 6.04 Å². The van der Waals surface area contributed by atoms with Crippen LogP contribution in [0.25, 0.3) is 11.6 Å². The van der Waals surface area contributed by atoms with E-state index in [4.69, 9.17) is 0 Å². The summed E-state index contributed by atoms with van der Waals surface area (Å²) in [5, 5.41) is 3.04. The molecule has 0 radical (unpaired) electrons. The number of rotatable bonds is 2. The standard InChI is InChI=1S/C17H15NO/c1-12(19)18-17-15-10-6-5-9-14(15)11-16(17)13-7-3-2-4-8-13/h2-11,17H,1H3,(H,18,19). The van der Waals surface area contributed by atoms with Crippen molar-refractivity contribution in [2.24, 2.45) is 0 Å². The second kappa shape index (κ2) is 4.73. The van der Waals surface area contributed by atoms with Gasteiger partial charge in [-0.1, -0.05) is 54.6 Å². The third-order valence-corrected chi connectivity index (χ3v) is 3.38. The smallest absolute Gasteiger partial charge is 0.217 e. The van der Waals surface area contributed by atoms with Crippen molar-refractivity contribution in [3.8, 4) is 0 Å². The van der Waals surface area contributed by atoms with E-state index in [9.17, 15) is 4.79 Å². The Morgan fingerprint density at radius 3 is 2.42 bits per heavy atom. The van der Waals surface area contributed by atoms with E-state index in [0.29, 0.717) is 0 Å². The molecule has 0 aromatic heterocycles. The summed E-state index contributed by atoms with van der Waals surface area (Å²) in [5.74, 6) is -0.0106. The van der Waals surface area contributed by atoms with E-state index in [1.807, 2.05) is 30.3 Å². The lowest BCUT2D eigenvalue weighted by Crippen LogP contribution is -2.25. The van der Waals surface area contributed by atoms with Crippen molar-refractivity contribution in [2.75, 3.05) is 0 Å². The first kappa shape index (κ1) is 11.7. The quantitative estimate of drug-likeness (QED) is 0.868. The van der Waals surface area contributed by atoms with Gasteiger partial charge in [-0.05, 0) is 28.3 Å². The van der Waals surface area contributed by atoms with Gasteiger partial charge < -0.3 is 5.32 Å². The normalized spacial score (nSPS) is 16.7. The average molecular weight is 249 g/mol. The van der Waals surface area contributed by atoms with Gasteiger partial charge in [-0.25, -0.2) is 0 Å². The van der Waals surface area contributed by atoms with Crippen LogP contribution in [0.15, 0.2) is 54.6 Å². The van der Waals surface area contributed by atoms with E-state index in [2.05, 4.69) is 35.7 Å². The lowest BCUT2D eigenvalue weighted by molar-refractivity contribution is -0.119. The molecule has 1 N–H and O–H groups in total. The highest BCUT2D eigenvalue weighted by Gasteiger charge is 2.26. The number of hydrogen-bond donors (Lipinski definition) is 1. The molecule has 2 aromatic rings. The van der Waals surface area contributed by atoms with Gasteiger partial charge in [-0.3, -0.25) is 4.79 Å². The summed E-state index contributed by atoms with van der Waals surface area (Å²) in [6.45, 7) is 1.56. The highest BCUT2D eigenvalue weighted by molar-refractivity contribution is 5.93. The molecule has 0 fully saturated rings. The Labute approximate surface area is 112 Å². The second-order valence-electron chi connectivity index (χ2n) is 4.73. The zero-order valence-corrected chi connectivity index (χ0v) is 10.8. The Morgan fingerprint density at radius 2 is 1.68 bits per heavy atom. The summed E-state index contributed by atoms with van der Waals surface area (Å²) in [6.07, 6.45) is 2.16. The Hall–Kier alpha value is -2.35. The number of hydrogen-bond acceptors (Lipinski definition) is 1. The Morgan fingerprint density at radius 1 is 1.00 bits per heavy atom. The topological polar surface area (TPSA) is 29.1 Å². The summed E-state index contributed by atoms with van der Waals surface area (Å²) < 4.78 is 0. The Balaban J connectivity index is 2.07. The monoisotopic (exact) mass is 249 g/mol. The molecule has 1 unspecified atom stereocenters. The molecular formula is C17H15NO. The van der Waals surface area contributed by atoms with Crippen molar-refractivity contribution in [1.82, 2.24) is 5.32 Å². The molecular weight excluding hydrogens is 234 g/mol. The predicted octanol–water partition coefficient (Wildman–Crippen LogP) is 3.42. The van der Waals surface area contributed by atoms with Crippen LogP contribution in [0.5, 0.6) is 0 Å². The highest BCUT2D eigenvalue weighted by atomic mass is 16.1. The van der Waals surface area contributed by atoms with Gasteiger partial charge in [0.2, 0.25) is 5.91 Å². The third-order valence-electron chi connectivity index (χ3n) is 3.38. The molecule has 0 heterocycles. The van der Waals surface area contributed by atoms with E-state index in [1.165, 1.54) is 5.56 Å². The number of amides is 1. The van der Waals surface area contributed by atoms with Crippen LogP contribution in [0.4, 0.5) is 0 Å². The average Bonchev–Trinajstić information content (AvgIpc) is 2.78. The summed E-state index contributed by atoms with van der Waals surface area (Å²) in [4.78, 5) is 11.4. The largest absolute Gasteiger partial charge is 0.345 e. The van der Waals surface area contributed by atoms with Gasteiger partial charge in [0.1, 0.15) is 0 Å². The highest BCUT2D eigenvalue weighted by Crippen LogP contribution is 2.39. The molecule has 0 saturated heterocycles. The molecule has 0 aliphatic heterocycles. The minimum atomic E-state index is -0.0453. The fourth-order valence-electron chi connectivity index (χ4n) is 2.56. The van der Waals surface area contributed by atoms with E-state index in [-0.39, 0.29) is 11.9 Å². The van der Waals surface area contributed by atoms with Crippen molar-refractivity contribution in [2.45, 2.75) is 13.0 Å². The molecule has 3 rings (SSSR count). The fraction of sp³-hybridized carbons (Fsp3) is 0.118. The lowest BCUT2D eigenvalue weighted by atomic mass is 9.98. The summed E-state index contributed by atoms with van der Waals surface area (Å²) in [7, 11) is 0. The van der Waals surface area contributed by atoms with Crippen LogP contribution in [-0.4, -0.2) is 5.91 Å². The first-order valence-corrected chi connectivity index (χ1v) is 6.39. The number of carbonyl (C=O) groups is 1. The van der Waals surface area contributed by atoms with Crippen LogP contribution in [0.1, 0.15) is 29.7 Å². The molecule has 0 bridgehead atoms. The Bertz CT molecular complexity index is 643. The molecule has 2 heteroatoms. The summed E-state index contributed by atoms with van der Waals surface area (Å²) in [6, 6.07) is 18.3. The van der Waals surface area contributed by atoms with E-state index in [1.54, 1.807) is 6.92 Å². The van der Waals surface area contributed by atoms with Crippen LogP contribution in [0, 0.1) is 0 Å². The minimum Gasteiger partial charge on any atom is -0.345 e. The molecule has 1 aliphatic rings. The first-order chi connectivity index (χ1) is 9.25. The number of carbonyl (C=O) groups excluding carboxylic acids is 1. The molecule has 1 atom stereocenters. The molecule has 2 nitrogen and oxygen atoms in total. The number of fused-ring (bicyclic) bond motifs is 1. The molecule has 0 saturated carbocycles. The van der Waals surface area contributed by atoms with Crippen LogP contribution >= 0.6 is 0 Å². The second-order valence-corrected chi connectivity index (χ2v) is 4.73. The number of benzene rings is 2. The van der Waals surface area contributed by atoms with Crippen molar-refractivity contribution in [3.05, 3.63) is 71.3 Å². The Kier molecular flexibility index (Phi) is 2.92. The molecule has 2 aromatic carbocycles. The summed E-state index contributed by atoms with van der Waals surface area (Å²) in [5.41, 5.74) is 4.64. The van der Waals surface area contributed by atoms with Gasteiger partial charge in [0, 0.05) is 6.92 Å². The van der Waals surface area contributed by atoms with Crippen molar-refractivity contribution < 1.29 is 4.79 Å². The lowest BCUT2D eigenvalue weighted by Gasteiger charge is -2.18. The summed E-state index contributed by atoms with van der Waals surface area (Å²) >= 11 is 0. The molecule has 0 spiro atoms. The zero-order chi connectivity index (χ0) is 13.2. The minimum absolute atomic E-state index is 0.0106. The van der Waals surface area contributed by atoms with Crippen LogP contribution < -0.4 is 5.32 Å². The van der Waals surface area contributed by atoms with Gasteiger partial charge in [-0.15, -0.1) is 0 Å². The van der Waals surface area contributed by atoms with E-state index < -0.39 is 0 Å². The molecule has 19 heavy (non-hydrogen) atoms. The van der Waals surface area contributed by atoms with Gasteiger partial charge in [0.25, 0.3) is 0 Å². The first-order valence-electron chi connectivity index (χ1n) is 6.39. The van der Waals surface area contributed by atoms with Crippen molar-refractivity contribution in [1.29, 1.82) is 0 Å². The van der Waals surface area contributed by atoms with Crippen LogP contribution in [0.3, 0.4) is 0 Å². The maximum absolute atomic E-state index is 11.4. The SMILES string of the molecule is CC(=O)NC1C(c2ccccc2)=Cc2ccccc21. The molecule has 1 amide bonds.